The molecule has 0 atom stereocenters. The highest BCUT2D eigenvalue weighted by atomic mass is 16.5. The molecule has 176 valence electrons. The molecule has 1 aliphatic rings. The number of amides is 1. The van der Waals surface area contributed by atoms with E-state index in [1.54, 1.807) is 23.9 Å². The van der Waals surface area contributed by atoms with Gasteiger partial charge in [-0.05, 0) is 45.0 Å². The Morgan fingerprint density at radius 1 is 1.30 bits per heavy atom. The summed E-state index contributed by atoms with van der Waals surface area (Å²) in [7, 11) is 1.64. The first-order chi connectivity index (χ1) is 16.0. The molecule has 0 unspecified atom stereocenters. The molecule has 4 heterocycles. The number of aromatic nitrogens is 3. The van der Waals surface area contributed by atoms with Crippen molar-refractivity contribution >= 4 is 28.4 Å². The zero-order valence-corrected chi connectivity index (χ0v) is 19.5. The summed E-state index contributed by atoms with van der Waals surface area (Å²) in [4.78, 5) is 33.6. The van der Waals surface area contributed by atoms with Gasteiger partial charge >= 0.3 is 0 Å². The lowest BCUT2D eigenvalue weighted by Gasteiger charge is -2.26. The van der Waals surface area contributed by atoms with Crippen molar-refractivity contribution in [3.8, 4) is 0 Å². The predicted molar refractivity (Wildman–Crippen MR) is 127 cm³/mol. The summed E-state index contributed by atoms with van der Waals surface area (Å²) >= 11 is 0. The van der Waals surface area contributed by atoms with Crippen LogP contribution in [0.2, 0.25) is 0 Å². The second-order valence-corrected chi connectivity index (χ2v) is 8.64. The van der Waals surface area contributed by atoms with Crippen LogP contribution in [0.5, 0.6) is 0 Å². The molecule has 3 aromatic heterocycles. The lowest BCUT2D eigenvalue weighted by Crippen LogP contribution is -2.44. The van der Waals surface area contributed by atoms with E-state index >= 15 is 0 Å². The topological polar surface area (TPSA) is 106 Å². The van der Waals surface area contributed by atoms with Gasteiger partial charge in [-0.25, -0.2) is 4.57 Å². The Kier molecular flexibility index (Phi) is 7.20. The Morgan fingerprint density at radius 3 is 2.85 bits per heavy atom. The molecule has 9 heteroatoms. The molecule has 0 aromatic carbocycles. The molecular formula is C24H33N6O3+. The summed E-state index contributed by atoms with van der Waals surface area (Å²) in [6.45, 7) is 6.42. The maximum atomic E-state index is 13.3. The van der Waals surface area contributed by atoms with Gasteiger partial charge in [-0.15, -0.1) is 0 Å². The molecule has 0 saturated carbocycles. The van der Waals surface area contributed by atoms with Gasteiger partial charge in [-0.2, -0.15) is 0 Å². The van der Waals surface area contributed by atoms with Gasteiger partial charge in [0.15, 0.2) is 0 Å². The third kappa shape index (κ3) is 4.84. The van der Waals surface area contributed by atoms with E-state index in [9.17, 15) is 9.59 Å². The van der Waals surface area contributed by atoms with E-state index in [0.717, 1.165) is 25.2 Å². The van der Waals surface area contributed by atoms with Crippen LogP contribution < -0.4 is 21.2 Å². The minimum Gasteiger partial charge on any atom is -0.385 e. The van der Waals surface area contributed by atoms with Gasteiger partial charge in [-0.3, -0.25) is 14.0 Å². The summed E-state index contributed by atoms with van der Waals surface area (Å²) in [6, 6.07) is 5.31. The van der Waals surface area contributed by atoms with Gasteiger partial charge in [0.1, 0.15) is 10.9 Å². The fraction of sp³-hybridized carbons (Fsp3) is 0.500. The highest BCUT2D eigenvalue weighted by Crippen LogP contribution is 2.16. The highest BCUT2D eigenvalue weighted by Gasteiger charge is 2.24. The van der Waals surface area contributed by atoms with Crippen molar-refractivity contribution in [3.63, 3.8) is 0 Å². The number of hydrogen-bond acceptors (Lipinski definition) is 6. The second-order valence-electron chi connectivity index (χ2n) is 8.64. The molecule has 0 spiro atoms. The maximum absolute atomic E-state index is 13.3. The van der Waals surface area contributed by atoms with E-state index in [0.29, 0.717) is 54.2 Å². The van der Waals surface area contributed by atoms with Crippen LogP contribution in [-0.2, 0) is 11.3 Å². The van der Waals surface area contributed by atoms with Crippen LogP contribution in [0.4, 0.5) is 5.82 Å². The Balaban J connectivity index is 1.72. The van der Waals surface area contributed by atoms with Crippen LogP contribution in [0.3, 0.4) is 0 Å². The molecule has 3 aromatic rings. The van der Waals surface area contributed by atoms with E-state index in [1.165, 1.54) is 23.7 Å². The van der Waals surface area contributed by atoms with Crippen LogP contribution in [0.15, 0.2) is 29.2 Å². The zero-order chi connectivity index (χ0) is 23.4. The maximum Gasteiger partial charge on any atom is 0.278 e. The van der Waals surface area contributed by atoms with E-state index in [1.807, 2.05) is 19.1 Å². The molecule has 1 amide bonds. The van der Waals surface area contributed by atoms with Crippen molar-refractivity contribution in [1.82, 2.24) is 19.6 Å². The number of piperidine rings is 1. The lowest BCUT2D eigenvalue weighted by atomic mass is 10.1. The number of anilines is 1. The molecule has 0 bridgehead atoms. The fourth-order valence-corrected chi connectivity index (χ4v) is 4.49. The molecule has 9 nitrogen and oxygen atoms in total. The average molecular weight is 454 g/mol. The van der Waals surface area contributed by atoms with Crippen molar-refractivity contribution in [2.75, 3.05) is 45.6 Å². The standard InChI is InChI=1S/C24H32N6O3/c1-17-8-6-12-30-21(17)27-22-19(24(30)32)16-18(20(25)29(22)13-7-15-33-2)23(31)26-9-14-28-10-4-3-5-11-28/h6,8,12,16,25H,3-5,7,9-11,13-15H2,1-2H3,(H,26,31)/p+1. The quantitative estimate of drug-likeness (QED) is 0.302. The number of hydrogen-bond donors (Lipinski definition) is 2. The smallest absolute Gasteiger partial charge is 0.278 e. The summed E-state index contributed by atoms with van der Waals surface area (Å²) in [5, 5.41) is 3.35. The number of likely N-dealkylation sites (tertiary alicyclic amines) is 1. The van der Waals surface area contributed by atoms with Gasteiger partial charge in [0.2, 0.25) is 11.5 Å². The monoisotopic (exact) mass is 453 g/mol. The average Bonchev–Trinajstić information content (AvgIpc) is 2.82. The SMILES string of the molecule is COCCC[n+]1c(N)c(C(=O)NCCN2CCCCC2)cc2c(=O)n3cccc(C)c3nc21. The van der Waals surface area contributed by atoms with Crippen LogP contribution >= 0.6 is 0 Å². The second kappa shape index (κ2) is 10.3. The summed E-state index contributed by atoms with van der Waals surface area (Å²) < 4.78 is 8.48. The third-order valence-electron chi connectivity index (χ3n) is 6.31. The molecule has 0 aliphatic carbocycles. The molecule has 1 fully saturated rings. The first-order valence-corrected chi connectivity index (χ1v) is 11.6. The van der Waals surface area contributed by atoms with Gasteiger partial charge in [-0.1, -0.05) is 17.5 Å². The van der Waals surface area contributed by atoms with Crippen LogP contribution in [0, 0.1) is 6.92 Å². The Bertz CT molecular complexity index is 1220. The van der Waals surface area contributed by atoms with Crippen LogP contribution in [-0.4, -0.2) is 60.1 Å². The third-order valence-corrected chi connectivity index (χ3v) is 6.31. The van der Waals surface area contributed by atoms with E-state index in [2.05, 4.69) is 10.2 Å². The Labute approximate surface area is 193 Å². The predicted octanol–water partition coefficient (Wildman–Crippen LogP) is 1.28. The van der Waals surface area contributed by atoms with Gasteiger partial charge in [0, 0.05) is 45.0 Å². The number of ether oxygens (including phenoxy) is 1. The number of nitrogens with zero attached hydrogens (tertiary/aromatic N) is 4. The minimum absolute atomic E-state index is 0.221. The summed E-state index contributed by atoms with van der Waals surface area (Å²) in [5.41, 5.74) is 8.50. The van der Waals surface area contributed by atoms with Gasteiger partial charge in [0.05, 0.1) is 6.54 Å². The molecule has 0 radical (unpaired) electrons. The van der Waals surface area contributed by atoms with E-state index in [-0.39, 0.29) is 11.5 Å². The number of fused-ring (bicyclic) bond motifs is 2. The van der Waals surface area contributed by atoms with Crippen LogP contribution in [0.25, 0.3) is 16.7 Å². The van der Waals surface area contributed by atoms with E-state index < -0.39 is 0 Å². The number of nitrogen functional groups attached to an aromatic ring is 1. The van der Waals surface area contributed by atoms with E-state index in [4.69, 9.17) is 15.5 Å². The van der Waals surface area contributed by atoms with Crippen molar-refractivity contribution < 1.29 is 14.1 Å². The molecular weight excluding hydrogens is 420 g/mol. The van der Waals surface area contributed by atoms with Gasteiger partial charge in [0.25, 0.3) is 17.1 Å². The van der Waals surface area contributed by atoms with Gasteiger partial charge < -0.3 is 20.7 Å². The van der Waals surface area contributed by atoms with Crippen LogP contribution in [0.1, 0.15) is 41.6 Å². The van der Waals surface area contributed by atoms with Crippen molar-refractivity contribution in [3.05, 3.63) is 45.9 Å². The number of carbonyl (C=O) groups excluding carboxylic acids is 1. The molecule has 3 N–H and O–H groups in total. The highest BCUT2D eigenvalue weighted by molar-refractivity contribution is 6.00. The molecule has 1 aliphatic heterocycles. The number of nitrogens with one attached hydrogen (secondary N) is 1. The van der Waals surface area contributed by atoms with Crippen molar-refractivity contribution in [2.45, 2.75) is 39.2 Å². The first-order valence-electron chi connectivity index (χ1n) is 11.6. The molecule has 33 heavy (non-hydrogen) atoms. The summed E-state index contributed by atoms with van der Waals surface area (Å²) in [5.74, 6) is 0.0274. The first kappa shape index (κ1) is 23.1. The van der Waals surface area contributed by atoms with Crippen molar-refractivity contribution in [1.29, 1.82) is 0 Å². The number of aryl methyl sites for hydroxylation is 2. The number of nitrogens with two attached hydrogens (primary N) is 1. The summed E-state index contributed by atoms with van der Waals surface area (Å²) in [6.07, 6.45) is 6.06. The number of carbonyl (C=O) groups is 1. The zero-order valence-electron chi connectivity index (χ0n) is 19.5. The Morgan fingerprint density at radius 2 is 2.09 bits per heavy atom. The number of methoxy groups -OCH3 is 1. The minimum atomic E-state index is -0.277. The largest absolute Gasteiger partial charge is 0.385 e. The fourth-order valence-electron chi connectivity index (χ4n) is 4.49. The lowest BCUT2D eigenvalue weighted by molar-refractivity contribution is -0.659. The molecule has 1 saturated heterocycles. The number of rotatable bonds is 8. The number of pyridine rings is 2. The van der Waals surface area contributed by atoms with Crippen molar-refractivity contribution in [2.24, 2.45) is 0 Å². The molecule has 4 rings (SSSR count). The normalized spacial score (nSPS) is 14.7. The Hall–Kier alpha value is -3.04.